The Labute approximate surface area is 102 Å². The summed E-state index contributed by atoms with van der Waals surface area (Å²) in [5, 5.41) is 14.4. The highest BCUT2D eigenvalue weighted by Crippen LogP contribution is 2.26. The van der Waals surface area contributed by atoms with Crippen LogP contribution >= 0.6 is 11.8 Å². The van der Waals surface area contributed by atoms with Crippen molar-refractivity contribution >= 4 is 22.6 Å². The number of aryl methyl sites for hydroxylation is 1. The minimum Gasteiger partial charge on any atom is -0.377 e. The van der Waals surface area contributed by atoms with Gasteiger partial charge in [-0.2, -0.15) is 5.10 Å². The number of nitrogens with zero attached hydrogens (tertiary/aromatic N) is 3. The van der Waals surface area contributed by atoms with Gasteiger partial charge in [-0.3, -0.25) is 15.1 Å². The van der Waals surface area contributed by atoms with Crippen molar-refractivity contribution < 1.29 is 4.92 Å². The van der Waals surface area contributed by atoms with Crippen molar-refractivity contribution in [1.82, 2.24) is 4.98 Å². The molecule has 8 heteroatoms. The van der Waals surface area contributed by atoms with E-state index in [1.54, 1.807) is 13.8 Å². The maximum absolute atomic E-state index is 10.9. The Kier molecular flexibility index (Phi) is 4.27. The summed E-state index contributed by atoms with van der Waals surface area (Å²) in [5.41, 5.74) is 7.22. The van der Waals surface area contributed by atoms with Crippen molar-refractivity contribution in [2.75, 3.05) is 0 Å². The van der Waals surface area contributed by atoms with E-state index in [0.717, 1.165) is 0 Å². The van der Waals surface area contributed by atoms with E-state index in [1.807, 2.05) is 0 Å². The zero-order valence-corrected chi connectivity index (χ0v) is 10.3. The molecule has 0 unspecified atom stereocenters. The minimum absolute atomic E-state index is 0.0962. The Hall–Kier alpha value is -1.83. The van der Waals surface area contributed by atoms with Crippen molar-refractivity contribution in [2.45, 2.75) is 19.6 Å². The Morgan fingerprint density at radius 2 is 2.29 bits per heavy atom. The fourth-order valence-corrected chi connectivity index (χ4v) is 2.02. The van der Waals surface area contributed by atoms with Gasteiger partial charge in [0, 0.05) is 23.1 Å². The van der Waals surface area contributed by atoms with Crippen molar-refractivity contribution in [3.63, 3.8) is 0 Å². The topological polar surface area (TPSA) is 120 Å². The maximum atomic E-state index is 10.9. The fraction of sp³-hybridized carbons (Fsp3) is 0.333. The molecular weight excluding hydrogens is 242 g/mol. The molecule has 0 aliphatic heterocycles. The molecule has 1 aromatic rings. The lowest BCUT2D eigenvalue weighted by molar-refractivity contribution is -0.386. The van der Waals surface area contributed by atoms with Gasteiger partial charge < -0.3 is 11.6 Å². The van der Waals surface area contributed by atoms with Gasteiger partial charge in [0.15, 0.2) is 5.17 Å². The third-order valence-corrected chi connectivity index (χ3v) is 3.06. The summed E-state index contributed by atoms with van der Waals surface area (Å²) in [6, 6.07) is 0. The van der Waals surface area contributed by atoms with Gasteiger partial charge in [0.05, 0.1) is 10.6 Å². The van der Waals surface area contributed by atoms with Gasteiger partial charge in [0.1, 0.15) is 0 Å². The predicted octanol–water partition coefficient (Wildman–Crippen LogP) is 1.03. The van der Waals surface area contributed by atoms with E-state index < -0.39 is 4.92 Å². The fourth-order valence-electron chi connectivity index (χ4n) is 1.37. The van der Waals surface area contributed by atoms with Crippen LogP contribution in [0.1, 0.15) is 16.8 Å². The number of nitrogens with two attached hydrogens (primary N) is 2. The molecule has 4 N–H and O–H groups in total. The molecule has 0 saturated carbocycles. The Bertz CT molecular complexity index is 475. The number of nitro groups is 1. The van der Waals surface area contributed by atoms with Crippen LogP contribution in [0.2, 0.25) is 0 Å². The second-order valence-corrected chi connectivity index (χ2v) is 4.37. The van der Waals surface area contributed by atoms with Crippen LogP contribution in [-0.2, 0) is 5.75 Å². The van der Waals surface area contributed by atoms with E-state index in [4.69, 9.17) is 11.6 Å². The van der Waals surface area contributed by atoms with Crippen LogP contribution in [0.4, 0.5) is 5.69 Å². The van der Waals surface area contributed by atoms with Crippen LogP contribution in [0.25, 0.3) is 0 Å². The molecule has 0 fully saturated rings. The number of pyridine rings is 1. The van der Waals surface area contributed by atoms with Gasteiger partial charge in [-0.1, -0.05) is 11.8 Å². The van der Waals surface area contributed by atoms with Crippen LogP contribution in [0.3, 0.4) is 0 Å². The first-order valence-corrected chi connectivity index (χ1v) is 5.71. The van der Waals surface area contributed by atoms with E-state index in [1.165, 1.54) is 18.0 Å². The lowest BCUT2D eigenvalue weighted by Gasteiger charge is -2.06. The van der Waals surface area contributed by atoms with Crippen molar-refractivity contribution in [3.8, 4) is 0 Å². The van der Waals surface area contributed by atoms with Crippen molar-refractivity contribution in [1.29, 1.82) is 0 Å². The second-order valence-electron chi connectivity index (χ2n) is 3.37. The lowest BCUT2D eigenvalue weighted by Crippen LogP contribution is -2.10. The van der Waals surface area contributed by atoms with Gasteiger partial charge >= 0.3 is 0 Å². The highest BCUT2D eigenvalue weighted by molar-refractivity contribution is 8.13. The first kappa shape index (κ1) is 13.2. The van der Waals surface area contributed by atoms with E-state index in [-0.39, 0.29) is 10.9 Å². The van der Waals surface area contributed by atoms with E-state index in [0.29, 0.717) is 22.6 Å². The molecule has 0 saturated heterocycles. The molecule has 0 atom stereocenters. The van der Waals surface area contributed by atoms with Gasteiger partial charge in [-0.05, 0) is 13.8 Å². The number of hydrogen-bond donors (Lipinski definition) is 2. The van der Waals surface area contributed by atoms with Crippen molar-refractivity contribution in [2.24, 2.45) is 16.7 Å². The summed E-state index contributed by atoms with van der Waals surface area (Å²) in [4.78, 5) is 14.6. The second kappa shape index (κ2) is 5.48. The summed E-state index contributed by atoms with van der Waals surface area (Å²) < 4.78 is 0. The molecule has 1 rings (SSSR count). The normalized spacial score (nSPS) is 11.5. The first-order valence-electron chi connectivity index (χ1n) is 4.73. The van der Waals surface area contributed by atoms with Gasteiger partial charge in [0.2, 0.25) is 0 Å². The highest BCUT2D eigenvalue weighted by atomic mass is 32.2. The zero-order valence-electron chi connectivity index (χ0n) is 9.51. The Morgan fingerprint density at radius 3 is 2.82 bits per heavy atom. The monoisotopic (exact) mass is 255 g/mol. The zero-order chi connectivity index (χ0) is 13.0. The predicted molar refractivity (Wildman–Crippen MR) is 67.5 cm³/mol. The number of aromatic nitrogens is 1. The summed E-state index contributed by atoms with van der Waals surface area (Å²) in [5.74, 6) is 5.39. The molecule has 0 aliphatic rings. The Balaban J connectivity index is 3.03. The SMILES string of the molecule is Cc1cnc(CSC(N)=NN)c(C)c1[N+](=O)[O-]. The lowest BCUT2D eigenvalue weighted by atomic mass is 10.1. The average Bonchev–Trinajstić information content (AvgIpc) is 2.27. The van der Waals surface area contributed by atoms with Crippen LogP contribution in [0.5, 0.6) is 0 Å². The highest BCUT2D eigenvalue weighted by Gasteiger charge is 2.18. The Morgan fingerprint density at radius 1 is 1.65 bits per heavy atom. The van der Waals surface area contributed by atoms with Gasteiger partial charge in [0.25, 0.3) is 5.69 Å². The molecule has 92 valence electrons. The summed E-state index contributed by atoms with van der Waals surface area (Å²) >= 11 is 1.19. The van der Waals surface area contributed by atoms with Crippen LogP contribution < -0.4 is 11.6 Å². The first-order chi connectivity index (χ1) is 7.97. The van der Waals surface area contributed by atoms with Gasteiger partial charge in [-0.15, -0.1) is 0 Å². The molecule has 0 radical (unpaired) electrons. The molecule has 1 heterocycles. The van der Waals surface area contributed by atoms with Crippen LogP contribution in [-0.4, -0.2) is 15.1 Å². The largest absolute Gasteiger partial charge is 0.377 e. The number of hydrazone groups is 1. The number of amidine groups is 1. The quantitative estimate of drug-likeness (QED) is 0.273. The molecular formula is C9H13N5O2S. The summed E-state index contributed by atoms with van der Waals surface area (Å²) in [7, 11) is 0. The molecule has 0 aliphatic carbocycles. The van der Waals surface area contributed by atoms with Crippen LogP contribution in [0.15, 0.2) is 11.3 Å². The molecule has 17 heavy (non-hydrogen) atoms. The average molecular weight is 255 g/mol. The molecule has 0 bridgehead atoms. The summed E-state index contributed by atoms with van der Waals surface area (Å²) in [6.07, 6.45) is 1.48. The van der Waals surface area contributed by atoms with Crippen LogP contribution in [0, 0.1) is 24.0 Å². The number of hydrogen-bond acceptors (Lipinski definition) is 6. The van der Waals surface area contributed by atoms with E-state index >= 15 is 0 Å². The summed E-state index contributed by atoms with van der Waals surface area (Å²) in [6.45, 7) is 3.33. The maximum Gasteiger partial charge on any atom is 0.278 e. The molecule has 0 aromatic carbocycles. The third-order valence-electron chi connectivity index (χ3n) is 2.24. The molecule has 0 amide bonds. The third kappa shape index (κ3) is 3.06. The number of rotatable bonds is 3. The molecule has 1 aromatic heterocycles. The number of thioether (sulfide) groups is 1. The minimum atomic E-state index is -0.402. The standard InChI is InChI=1S/C9H13N5O2S/c1-5-3-12-7(4-17-9(10)13-11)6(2)8(5)14(15)16/h3H,4,11H2,1-2H3,(H2,10,13). The van der Waals surface area contributed by atoms with E-state index in [2.05, 4.69) is 10.1 Å². The smallest absolute Gasteiger partial charge is 0.278 e. The molecule has 7 nitrogen and oxygen atoms in total. The van der Waals surface area contributed by atoms with Gasteiger partial charge in [-0.25, -0.2) is 0 Å². The molecule has 0 spiro atoms. The van der Waals surface area contributed by atoms with Crippen molar-refractivity contribution in [3.05, 3.63) is 33.1 Å². The van der Waals surface area contributed by atoms with E-state index in [9.17, 15) is 10.1 Å².